The molecule has 7 heteroatoms. The summed E-state index contributed by atoms with van der Waals surface area (Å²) in [5, 5.41) is 0. The van der Waals surface area contributed by atoms with E-state index in [2.05, 4.69) is 0 Å². The maximum absolute atomic E-state index is 17.5. The third-order valence-corrected chi connectivity index (χ3v) is 17.2. The van der Waals surface area contributed by atoms with E-state index in [0.29, 0.717) is 20.6 Å². The fourth-order valence-electron chi connectivity index (χ4n) is 7.22. The number of hydrogen-bond acceptors (Lipinski definition) is 0. The second-order valence-corrected chi connectivity index (χ2v) is 18.6. The first-order valence-electron chi connectivity index (χ1n) is 15.6. The van der Waals surface area contributed by atoms with Crippen molar-refractivity contribution in [3.05, 3.63) is 139 Å². The summed E-state index contributed by atoms with van der Waals surface area (Å²) in [5.74, 6) is -2.96. The number of halogens is 4. The van der Waals surface area contributed by atoms with E-state index in [-0.39, 0.29) is 30.9 Å². The summed E-state index contributed by atoms with van der Waals surface area (Å²) in [6.45, 7) is 11.8. The van der Waals surface area contributed by atoms with Gasteiger partial charge in [0.15, 0.2) is 0 Å². The van der Waals surface area contributed by atoms with Gasteiger partial charge in [0.1, 0.15) is 0 Å². The first-order valence-corrected chi connectivity index (χ1v) is 18.7. The summed E-state index contributed by atoms with van der Waals surface area (Å²) in [6.07, 6.45) is 11.9. The zero-order chi connectivity index (χ0) is 32.2. The van der Waals surface area contributed by atoms with Gasteiger partial charge >= 0.3 is 267 Å². The van der Waals surface area contributed by atoms with Gasteiger partial charge in [0.2, 0.25) is 0 Å². The quantitative estimate of drug-likeness (QED) is 0.133. The van der Waals surface area contributed by atoms with Crippen LogP contribution in [0, 0.1) is 37.1 Å². The summed E-state index contributed by atoms with van der Waals surface area (Å²) in [4.78, 5) is 0. The Morgan fingerprint density at radius 1 is 0.578 bits per heavy atom. The van der Waals surface area contributed by atoms with Crippen LogP contribution in [0.25, 0.3) is 11.4 Å². The normalized spacial score (nSPS) is 14.8. The summed E-state index contributed by atoms with van der Waals surface area (Å²) in [7, 11) is 0. The number of allylic oxidation sites excluding steroid dienone is 8. The van der Waals surface area contributed by atoms with Gasteiger partial charge in [0.05, 0.1) is 0 Å². The van der Waals surface area contributed by atoms with Gasteiger partial charge in [0, 0.05) is 0 Å². The van der Waals surface area contributed by atoms with Crippen LogP contribution in [0.3, 0.4) is 0 Å². The molecule has 0 N–H and O–H groups in total. The molecular formula is C38H38F4N2Ti. The molecule has 2 aliphatic carbocycles. The average molecular weight is 647 g/mol. The molecule has 0 saturated carbocycles. The van der Waals surface area contributed by atoms with Gasteiger partial charge in [-0.25, -0.2) is 0 Å². The van der Waals surface area contributed by atoms with Crippen LogP contribution in [0.15, 0.2) is 92.7 Å². The van der Waals surface area contributed by atoms with Gasteiger partial charge in [-0.15, -0.1) is 0 Å². The first-order chi connectivity index (χ1) is 21.5. The van der Waals surface area contributed by atoms with Gasteiger partial charge in [-0.1, -0.05) is 0 Å². The number of aryl methyl sites for hydroxylation is 2. The fraction of sp³-hybridized carbons (Fsp3) is 0.263. The van der Waals surface area contributed by atoms with Crippen LogP contribution in [-0.4, -0.2) is 9.13 Å². The Balaban J connectivity index is 1.76. The molecule has 2 nitrogen and oxygen atoms in total. The molecular weight excluding hydrogens is 608 g/mol. The van der Waals surface area contributed by atoms with E-state index in [4.69, 9.17) is 0 Å². The van der Waals surface area contributed by atoms with Crippen molar-refractivity contribution >= 4 is 7.74 Å². The van der Waals surface area contributed by atoms with Crippen molar-refractivity contribution in [2.24, 2.45) is 0 Å². The van der Waals surface area contributed by atoms with Crippen LogP contribution in [0.4, 0.5) is 17.6 Å². The Hall–Kier alpha value is -3.61. The maximum atomic E-state index is 17.5. The minimum atomic E-state index is -5.01. The number of nitrogens with zero attached hydrogens (tertiary/aromatic N) is 2. The zero-order valence-corrected chi connectivity index (χ0v) is 28.1. The average Bonchev–Trinajstić information content (AvgIpc) is 3.81. The van der Waals surface area contributed by atoms with E-state index in [1.54, 1.807) is 9.13 Å². The molecule has 0 fully saturated rings. The Labute approximate surface area is 266 Å². The molecule has 4 aromatic rings. The van der Waals surface area contributed by atoms with Crippen molar-refractivity contribution in [1.29, 1.82) is 0 Å². The summed E-state index contributed by atoms with van der Waals surface area (Å²) < 4.78 is 72.9. The summed E-state index contributed by atoms with van der Waals surface area (Å²) >= 11 is -5.01. The van der Waals surface area contributed by atoms with Gasteiger partial charge in [-0.05, 0) is 0 Å². The van der Waals surface area contributed by atoms with Gasteiger partial charge in [0.25, 0.3) is 0 Å². The first kappa shape index (κ1) is 31.4. The van der Waals surface area contributed by atoms with Crippen molar-refractivity contribution in [3.63, 3.8) is 0 Å². The Kier molecular flexibility index (Phi) is 8.34. The van der Waals surface area contributed by atoms with E-state index < -0.39 is 39.9 Å². The molecule has 6 rings (SSSR count). The summed E-state index contributed by atoms with van der Waals surface area (Å²) in [5.41, 5.74) is 3.70. The van der Waals surface area contributed by atoms with Gasteiger partial charge in [-0.3, -0.25) is 0 Å². The molecule has 0 spiro atoms. The number of rotatable bonds is 8. The molecule has 0 saturated heterocycles. The predicted octanol–water partition coefficient (Wildman–Crippen LogP) is 9.48. The van der Waals surface area contributed by atoms with Crippen molar-refractivity contribution in [1.82, 2.24) is 9.13 Å². The second-order valence-electron chi connectivity index (χ2n) is 12.7. The molecule has 0 atom stereocenters. The Morgan fingerprint density at radius 3 is 1.31 bits per heavy atom. The van der Waals surface area contributed by atoms with Crippen LogP contribution >= 0.6 is 0 Å². The fourth-order valence-corrected chi connectivity index (χ4v) is 15.5. The molecule has 232 valence electrons. The second kappa shape index (κ2) is 12.0. The van der Waals surface area contributed by atoms with Crippen molar-refractivity contribution in [2.45, 2.75) is 66.2 Å². The van der Waals surface area contributed by atoms with Crippen LogP contribution in [0.2, 0.25) is 0 Å². The molecule has 2 aliphatic rings. The Bertz CT molecular complexity index is 1790. The van der Waals surface area contributed by atoms with Crippen LogP contribution in [-0.2, 0) is 16.6 Å². The van der Waals surface area contributed by atoms with Crippen LogP contribution < -0.4 is 7.74 Å². The van der Waals surface area contributed by atoms with Crippen LogP contribution in [0.5, 0.6) is 0 Å². The van der Waals surface area contributed by atoms with E-state index in [9.17, 15) is 0 Å². The van der Waals surface area contributed by atoms with E-state index in [1.807, 2.05) is 102 Å². The standard InChI is InChI=1S/2C14H14F2N.2C5H5.Ti/c2*1-9(2)13-6-4-10(3)17(13)14-7-5-11(15)8-12(14)16;2*1-2-4-5-3-1;/h2*4-7,9H,1-3H3;2*1-3H,4H2;. The third-order valence-electron chi connectivity index (χ3n) is 9.27. The predicted molar refractivity (Wildman–Crippen MR) is 172 cm³/mol. The minimum absolute atomic E-state index is 0.0629. The number of benzene rings is 2. The molecule has 0 bridgehead atoms. The van der Waals surface area contributed by atoms with Crippen molar-refractivity contribution in [3.8, 4) is 11.4 Å². The topological polar surface area (TPSA) is 9.86 Å². The molecule has 0 aliphatic heterocycles. The van der Waals surface area contributed by atoms with E-state index in [0.717, 1.165) is 22.8 Å². The van der Waals surface area contributed by atoms with E-state index in [1.165, 1.54) is 24.3 Å². The molecule has 0 amide bonds. The number of aromatic nitrogens is 2. The zero-order valence-electron chi connectivity index (χ0n) is 26.6. The van der Waals surface area contributed by atoms with Gasteiger partial charge < -0.3 is 0 Å². The molecule has 0 unspecified atom stereocenters. The Morgan fingerprint density at radius 2 is 0.978 bits per heavy atom. The van der Waals surface area contributed by atoms with Crippen molar-refractivity contribution < 1.29 is 34.2 Å². The third kappa shape index (κ3) is 4.89. The SMILES string of the molecule is Cc1ccc(C(C)C)n1-c1ccc(F)[c]([Ti]([C]2=CC=CC2)([C]2=CC=CC2)[c]2c(F)ccc(-n3c(C)ccc3C(C)C)c2F)c1F. The van der Waals surface area contributed by atoms with Gasteiger partial charge in [-0.2, -0.15) is 0 Å². The summed E-state index contributed by atoms with van der Waals surface area (Å²) in [6, 6.07) is 13.2. The molecule has 2 heterocycles. The number of hydrogen-bond donors (Lipinski definition) is 0. The molecule has 0 radical (unpaired) electrons. The molecule has 2 aromatic heterocycles. The monoisotopic (exact) mass is 646 g/mol. The molecule has 2 aromatic carbocycles. The molecule has 45 heavy (non-hydrogen) atoms. The van der Waals surface area contributed by atoms with E-state index >= 15 is 17.6 Å². The van der Waals surface area contributed by atoms with Crippen molar-refractivity contribution in [2.75, 3.05) is 0 Å². The van der Waals surface area contributed by atoms with Crippen LogP contribution in [0.1, 0.15) is 75.1 Å².